The number of carbonyl (C=O) groups excluding carboxylic acids is 1. The minimum absolute atomic E-state index is 0.0678. The van der Waals surface area contributed by atoms with Crippen LogP contribution in [0.5, 0.6) is 0 Å². The van der Waals surface area contributed by atoms with Crippen molar-refractivity contribution in [1.82, 2.24) is 14.7 Å². The van der Waals surface area contributed by atoms with E-state index in [2.05, 4.69) is 29.4 Å². The maximum Gasteiger partial charge on any atom is 0.270 e. The summed E-state index contributed by atoms with van der Waals surface area (Å²) in [7, 11) is 0. The van der Waals surface area contributed by atoms with Crippen LogP contribution in [0.2, 0.25) is 0 Å². The van der Waals surface area contributed by atoms with Crippen molar-refractivity contribution in [3.05, 3.63) is 82.4 Å². The molecule has 0 saturated carbocycles. The number of rotatable bonds is 6. The van der Waals surface area contributed by atoms with Crippen LogP contribution in [0.3, 0.4) is 0 Å². The average molecular weight is 335 g/mol. The van der Waals surface area contributed by atoms with E-state index in [0.717, 1.165) is 12.8 Å². The standard InChI is InChI=1S/C20H21N3O2/c1-2-15(12-16-8-4-3-5-9-16)13-22-19(24)17-14-21-18-10-6-7-11-23(18)20(17)25/h3-11,14-15H,2,12-13H2,1H3,(H,22,24)/t15-/m0/s1. The van der Waals surface area contributed by atoms with Gasteiger partial charge in [-0.3, -0.25) is 14.0 Å². The van der Waals surface area contributed by atoms with E-state index in [1.54, 1.807) is 24.4 Å². The first-order valence-electron chi connectivity index (χ1n) is 8.47. The number of hydrogen-bond donors (Lipinski definition) is 1. The number of hydrogen-bond acceptors (Lipinski definition) is 3. The topological polar surface area (TPSA) is 63.5 Å². The monoisotopic (exact) mass is 335 g/mol. The molecule has 0 radical (unpaired) electrons. The first-order chi connectivity index (χ1) is 12.2. The molecule has 128 valence electrons. The molecule has 0 aliphatic rings. The number of fused-ring (bicyclic) bond motifs is 1. The molecule has 1 amide bonds. The van der Waals surface area contributed by atoms with Crippen LogP contribution >= 0.6 is 0 Å². The lowest BCUT2D eigenvalue weighted by Gasteiger charge is -2.16. The molecule has 0 aliphatic heterocycles. The third-order valence-electron chi connectivity index (χ3n) is 4.35. The van der Waals surface area contributed by atoms with Crippen molar-refractivity contribution in [2.24, 2.45) is 5.92 Å². The van der Waals surface area contributed by atoms with E-state index in [1.807, 2.05) is 18.2 Å². The number of carbonyl (C=O) groups is 1. The Morgan fingerprint density at radius 2 is 1.92 bits per heavy atom. The van der Waals surface area contributed by atoms with Gasteiger partial charge in [-0.1, -0.05) is 49.7 Å². The molecule has 5 heteroatoms. The van der Waals surface area contributed by atoms with E-state index in [9.17, 15) is 9.59 Å². The van der Waals surface area contributed by atoms with Crippen LogP contribution < -0.4 is 10.9 Å². The quantitative estimate of drug-likeness (QED) is 0.753. The number of benzene rings is 1. The summed E-state index contributed by atoms with van der Waals surface area (Å²) in [6.07, 6.45) is 4.81. The van der Waals surface area contributed by atoms with Gasteiger partial charge < -0.3 is 5.32 Å². The molecule has 0 saturated heterocycles. The van der Waals surface area contributed by atoms with Gasteiger partial charge in [0.15, 0.2) is 0 Å². The normalized spacial score (nSPS) is 12.0. The fraction of sp³-hybridized carbons (Fsp3) is 0.250. The molecule has 3 rings (SSSR count). The maximum atomic E-state index is 12.4. The molecule has 0 fully saturated rings. The second-order valence-corrected chi connectivity index (χ2v) is 6.08. The highest BCUT2D eigenvalue weighted by Gasteiger charge is 2.15. The van der Waals surface area contributed by atoms with Crippen LogP contribution in [0.25, 0.3) is 5.65 Å². The first kappa shape index (κ1) is 16.9. The van der Waals surface area contributed by atoms with Crippen LogP contribution in [-0.4, -0.2) is 21.8 Å². The smallest absolute Gasteiger partial charge is 0.270 e. The SMILES string of the molecule is CC[C@H](CNC(=O)c1cnc2ccccn2c1=O)Cc1ccccc1. The lowest BCUT2D eigenvalue weighted by Crippen LogP contribution is -2.34. The molecule has 2 aromatic heterocycles. The predicted molar refractivity (Wildman–Crippen MR) is 97.7 cm³/mol. The Morgan fingerprint density at radius 1 is 1.16 bits per heavy atom. The minimum Gasteiger partial charge on any atom is -0.352 e. The zero-order valence-electron chi connectivity index (χ0n) is 14.2. The summed E-state index contributed by atoms with van der Waals surface area (Å²) in [4.78, 5) is 29.0. The Morgan fingerprint density at radius 3 is 2.68 bits per heavy atom. The van der Waals surface area contributed by atoms with Gasteiger partial charge in [0.25, 0.3) is 11.5 Å². The van der Waals surface area contributed by atoms with E-state index in [1.165, 1.54) is 16.2 Å². The number of amides is 1. The summed E-state index contributed by atoms with van der Waals surface area (Å²) < 4.78 is 1.39. The van der Waals surface area contributed by atoms with E-state index < -0.39 is 0 Å². The van der Waals surface area contributed by atoms with Crippen molar-refractivity contribution >= 4 is 11.6 Å². The fourth-order valence-electron chi connectivity index (χ4n) is 2.82. The van der Waals surface area contributed by atoms with Gasteiger partial charge in [0, 0.05) is 18.9 Å². The molecular weight excluding hydrogens is 314 g/mol. The number of nitrogens with zero attached hydrogens (tertiary/aromatic N) is 2. The molecular formula is C20H21N3O2. The summed E-state index contributed by atoms with van der Waals surface area (Å²) in [6, 6.07) is 15.5. The van der Waals surface area contributed by atoms with Gasteiger partial charge in [-0.2, -0.15) is 0 Å². The van der Waals surface area contributed by atoms with E-state index >= 15 is 0 Å². The molecule has 3 aromatic rings. The molecule has 5 nitrogen and oxygen atoms in total. The predicted octanol–water partition coefficient (Wildman–Crippen LogP) is 2.69. The highest BCUT2D eigenvalue weighted by Crippen LogP contribution is 2.11. The van der Waals surface area contributed by atoms with Crippen molar-refractivity contribution in [1.29, 1.82) is 0 Å². The van der Waals surface area contributed by atoms with Crippen molar-refractivity contribution in [2.45, 2.75) is 19.8 Å². The molecule has 1 atom stereocenters. The summed E-state index contributed by atoms with van der Waals surface area (Å²) >= 11 is 0. The lowest BCUT2D eigenvalue weighted by molar-refractivity contribution is 0.0944. The van der Waals surface area contributed by atoms with Crippen LogP contribution in [-0.2, 0) is 6.42 Å². The highest BCUT2D eigenvalue weighted by molar-refractivity contribution is 5.93. The summed E-state index contributed by atoms with van der Waals surface area (Å²) in [5.41, 5.74) is 1.49. The van der Waals surface area contributed by atoms with Crippen molar-refractivity contribution < 1.29 is 4.79 Å². The molecule has 0 bridgehead atoms. The Bertz CT molecular complexity index is 919. The average Bonchev–Trinajstić information content (AvgIpc) is 2.66. The van der Waals surface area contributed by atoms with Gasteiger partial charge in [0.05, 0.1) is 0 Å². The van der Waals surface area contributed by atoms with Gasteiger partial charge in [0.1, 0.15) is 11.2 Å². The molecule has 0 aliphatic carbocycles. The molecule has 1 aromatic carbocycles. The van der Waals surface area contributed by atoms with Gasteiger partial charge >= 0.3 is 0 Å². The molecule has 1 N–H and O–H groups in total. The fourth-order valence-corrected chi connectivity index (χ4v) is 2.82. The molecule has 25 heavy (non-hydrogen) atoms. The van der Waals surface area contributed by atoms with Crippen LogP contribution in [0.1, 0.15) is 29.3 Å². The van der Waals surface area contributed by atoms with E-state index in [4.69, 9.17) is 0 Å². The van der Waals surface area contributed by atoms with Crippen molar-refractivity contribution in [3.8, 4) is 0 Å². The third kappa shape index (κ3) is 3.94. The summed E-state index contributed by atoms with van der Waals surface area (Å²) in [5, 5.41) is 2.88. The molecule has 0 unspecified atom stereocenters. The van der Waals surface area contributed by atoms with Gasteiger partial charge in [-0.25, -0.2) is 4.98 Å². The Hall–Kier alpha value is -2.95. The first-order valence-corrected chi connectivity index (χ1v) is 8.47. The maximum absolute atomic E-state index is 12.4. The Labute approximate surface area is 146 Å². The zero-order valence-corrected chi connectivity index (χ0v) is 14.2. The molecule has 2 heterocycles. The van der Waals surface area contributed by atoms with Gasteiger partial charge in [-0.15, -0.1) is 0 Å². The number of aromatic nitrogens is 2. The number of nitrogens with one attached hydrogen (secondary N) is 1. The van der Waals surface area contributed by atoms with E-state index in [-0.39, 0.29) is 17.0 Å². The van der Waals surface area contributed by atoms with E-state index in [0.29, 0.717) is 18.1 Å². The second kappa shape index (κ2) is 7.75. The largest absolute Gasteiger partial charge is 0.352 e. The number of pyridine rings is 1. The van der Waals surface area contributed by atoms with Crippen LogP contribution in [0, 0.1) is 5.92 Å². The summed E-state index contributed by atoms with van der Waals surface area (Å²) in [5.74, 6) is -0.0511. The lowest BCUT2D eigenvalue weighted by atomic mass is 9.97. The van der Waals surface area contributed by atoms with Gasteiger partial charge in [0.2, 0.25) is 0 Å². The minimum atomic E-state index is -0.373. The second-order valence-electron chi connectivity index (χ2n) is 6.08. The Balaban J connectivity index is 1.69. The van der Waals surface area contributed by atoms with Crippen LogP contribution in [0.4, 0.5) is 0 Å². The molecule has 0 spiro atoms. The third-order valence-corrected chi connectivity index (χ3v) is 4.35. The highest BCUT2D eigenvalue weighted by atomic mass is 16.2. The van der Waals surface area contributed by atoms with Crippen molar-refractivity contribution in [3.63, 3.8) is 0 Å². The van der Waals surface area contributed by atoms with Gasteiger partial charge in [-0.05, 0) is 30.0 Å². The zero-order chi connectivity index (χ0) is 17.6. The summed E-state index contributed by atoms with van der Waals surface area (Å²) in [6.45, 7) is 2.63. The van der Waals surface area contributed by atoms with Crippen molar-refractivity contribution in [2.75, 3.05) is 6.54 Å². The van der Waals surface area contributed by atoms with Crippen LogP contribution in [0.15, 0.2) is 65.7 Å². The Kier molecular flexibility index (Phi) is 5.23.